The van der Waals surface area contributed by atoms with Gasteiger partial charge in [0, 0.05) is 25.2 Å². The van der Waals surface area contributed by atoms with Crippen LogP contribution in [0.5, 0.6) is 0 Å². The molecule has 1 saturated heterocycles. The zero-order chi connectivity index (χ0) is 12.4. The third-order valence-electron chi connectivity index (χ3n) is 3.23. The number of aromatic amines is 1. The van der Waals surface area contributed by atoms with Crippen molar-refractivity contribution >= 4 is 16.7 Å². The molecule has 3 rings (SSSR count). The molecule has 96 valence electrons. The first-order valence-electron chi connectivity index (χ1n) is 6.43. The monoisotopic (exact) mass is 246 g/mol. The summed E-state index contributed by atoms with van der Waals surface area (Å²) in [5, 5.41) is 2.03. The number of hydrogen-bond donors (Lipinski definition) is 2. The van der Waals surface area contributed by atoms with Gasteiger partial charge in [0.05, 0.1) is 17.6 Å². The highest BCUT2D eigenvalue weighted by atomic mass is 16.7. The lowest BCUT2D eigenvalue weighted by Gasteiger charge is -2.25. The fraction of sp³-hybridized carbons (Fsp3) is 0.462. The Morgan fingerprint density at radius 2 is 2.33 bits per heavy atom. The van der Waals surface area contributed by atoms with E-state index < -0.39 is 0 Å². The lowest BCUT2D eigenvalue weighted by Crippen LogP contribution is -2.31. The molecule has 0 saturated carbocycles. The maximum atomic E-state index is 5.75. The summed E-state index contributed by atoms with van der Waals surface area (Å²) in [6, 6.07) is 5.74. The van der Waals surface area contributed by atoms with Crippen molar-refractivity contribution in [2.45, 2.75) is 19.3 Å². The molecule has 1 aromatic heterocycles. The number of H-pyrrole nitrogens is 1. The number of fused-ring (bicyclic) bond motifs is 1. The fourth-order valence-corrected chi connectivity index (χ4v) is 2.25. The Kier molecular flexibility index (Phi) is 3.17. The van der Waals surface area contributed by atoms with E-state index in [1.54, 1.807) is 0 Å². The van der Waals surface area contributed by atoms with Gasteiger partial charge in [0.15, 0.2) is 0 Å². The van der Waals surface area contributed by atoms with Gasteiger partial charge in [0.1, 0.15) is 5.82 Å². The van der Waals surface area contributed by atoms with Crippen LogP contribution < -0.4 is 5.73 Å². The summed E-state index contributed by atoms with van der Waals surface area (Å²) in [4.78, 5) is 13.4. The van der Waals surface area contributed by atoms with Gasteiger partial charge in [-0.3, -0.25) is 4.84 Å². The fourth-order valence-electron chi connectivity index (χ4n) is 2.25. The second-order valence-corrected chi connectivity index (χ2v) is 4.68. The SMILES string of the molecule is Nc1ccc2nc(CCN3CCCCO3)[nH]c2c1. The van der Waals surface area contributed by atoms with Crippen molar-refractivity contribution in [2.75, 3.05) is 25.4 Å². The van der Waals surface area contributed by atoms with Crippen LogP contribution in [0, 0.1) is 0 Å². The smallest absolute Gasteiger partial charge is 0.108 e. The molecule has 0 radical (unpaired) electrons. The highest BCUT2D eigenvalue weighted by Crippen LogP contribution is 2.15. The van der Waals surface area contributed by atoms with Gasteiger partial charge in [-0.15, -0.1) is 0 Å². The molecular weight excluding hydrogens is 228 g/mol. The predicted octanol–water partition coefficient (Wildman–Crippen LogP) is 1.71. The lowest BCUT2D eigenvalue weighted by atomic mass is 10.3. The van der Waals surface area contributed by atoms with Crippen molar-refractivity contribution in [1.29, 1.82) is 0 Å². The summed E-state index contributed by atoms with van der Waals surface area (Å²) in [5.74, 6) is 0.991. The maximum Gasteiger partial charge on any atom is 0.108 e. The van der Waals surface area contributed by atoms with Crippen LogP contribution in [0.2, 0.25) is 0 Å². The number of nitrogen functional groups attached to an aromatic ring is 1. The summed E-state index contributed by atoms with van der Waals surface area (Å²) < 4.78 is 0. The van der Waals surface area contributed by atoms with Crippen molar-refractivity contribution in [3.05, 3.63) is 24.0 Å². The van der Waals surface area contributed by atoms with E-state index in [2.05, 4.69) is 9.97 Å². The van der Waals surface area contributed by atoms with E-state index in [-0.39, 0.29) is 0 Å². The summed E-state index contributed by atoms with van der Waals surface area (Å²) in [6.07, 6.45) is 3.26. The Labute approximate surface area is 106 Å². The largest absolute Gasteiger partial charge is 0.399 e. The van der Waals surface area contributed by atoms with E-state index in [0.717, 1.165) is 48.7 Å². The third-order valence-corrected chi connectivity index (χ3v) is 3.23. The molecule has 0 amide bonds. The molecule has 1 aromatic carbocycles. The molecule has 1 fully saturated rings. The molecule has 2 aromatic rings. The molecule has 0 atom stereocenters. The molecule has 18 heavy (non-hydrogen) atoms. The minimum Gasteiger partial charge on any atom is -0.399 e. The minimum atomic E-state index is 0.761. The van der Waals surface area contributed by atoms with Crippen molar-refractivity contribution in [3.63, 3.8) is 0 Å². The Balaban J connectivity index is 1.67. The van der Waals surface area contributed by atoms with Crippen LogP contribution in [-0.2, 0) is 11.3 Å². The highest BCUT2D eigenvalue weighted by molar-refractivity contribution is 5.78. The molecule has 0 unspecified atom stereocenters. The molecular formula is C13H18N4O. The topological polar surface area (TPSA) is 67.2 Å². The summed E-state index contributed by atoms with van der Waals surface area (Å²) in [7, 11) is 0. The number of nitrogens with zero attached hydrogens (tertiary/aromatic N) is 2. The number of anilines is 1. The van der Waals surface area contributed by atoms with Gasteiger partial charge in [-0.25, -0.2) is 4.98 Å². The molecule has 1 aliphatic heterocycles. The van der Waals surface area contributed by atoms with Crippen LogP contribution in [0.25, 0.3) is 11.0 Å². The lowest BCUT2D eigenvalue weighted by molar-refractivity contribution is -0.179. The number of aromatic nitrogens is 2. The summed E-state index contributed by atoms with van der Waals surface area (Å²) in [6.45, 7) is 2.75. The van der Waals surface area contributed by atoms with Crippen molar-refractivity contribution < 1.29 is 4.84 Å². The second kappa shape index (κ2) is 4.96. The van der Waals surface area contributed by atoms with E-state index in [1.165, 1.54) is 12.8 Å². The number of nitrogens with two attached hydrogens (primary N) is 1. The molecule has 1 aliphatic rings. The standard InChI is InChI=1S/C13H18N4O/c14-10-3-4-11-12(9-10)16-13(15-11)5-7-17-6-1-2-8-18-17/h3-4,9H,1-2,5-8,14H2,(H,15,16). The zero-order valence-corrected chi connectivity index (χ0v) is 10.4. The summed E-state index contributed by atoms with van der Waals surface area (Å²) >= 11 is 0. The zero-order valence-electron chi connectivity index (χ0n) is 10.4. The average molecular weight is 246 g/mol. The van der Waals surface area contributed by atoms with Gasteiger partial charge >= 0.3 is 0 Å². The normalized spacial score (nSPS) is 17.3. The van der Waals surface area contributed by atoms with Crippen LogP contribution in [0.4, 0.5) is 5.69 Å². The average Bonchev–Trinajstić information content (AvgIpc) is 2.79. The Morgan fingerprint density at radius 1 is 1.39 bits per heavy atom. The van der Waals surface area contributed by atoms with E-state index in [4.69, 9.17) is 10.6 Å². The number of hydroxylamine groups is 2. The van der Waals surface area contributed by atoms with Crippen LogP contribution in [0.1, 0.15) is 18.7 Å². The molecule has 0 aliphatic carbocycles. The highest BCUT2D eigenvalue weighted by Gasteiger charge is 2.11. The first-order chi connectivity index (χ1) is 8.81. The summed E-state index contributed by atoms with van der Waals surface area (Å²) in [5.41, 5.74) is 8.48. The Morgan fingerprint density at radius 3 is 3.17 bits per heavy atom. The van der Waals surface area contributed by atoms with Gasteiger partial charge < -0.3 is 10.7 Å². The van der Waals surface area contributed by atoms with Gasteiger partial charge in [0.25, 0.3) is 0 Å². The Hall–Kier alpha value is -1.59. The Bertz CT molecular complexity index is 531. The van der Waals surface area contributed by atoms with Crippen molar-refractivity contribution in [2.24, 2.45) is 0 Å². The van der Waals surface area contributed by atoms with E-state index >= 15 is 0 Å². The van der Waals surface area contributed by atoms with Crippen LogP contribution in [0.15, 0.2) is 18.2 Å². The molecule has 5 nitrogen and oxygen atoms in total. The molecule has 2 heterocycles. The molecule has 0 bridgehead atoms. The van der Waals surface area contributed by atoms with Gasteiger partial charge in [-0.1, -0.05) is 0 Å². The maximum absolute atomic E-state index is 5.75. The molecule has 3 N–H and O–H groups in total. The first-order valence-corrected chi connectivity index (χ1v) is 6.43. The quantitative estimate of drug-likeness (QED) is 0.809. The third kappa shape index (κ3) is 2.47. The van der Waals surface area contributed by atoms with Crippen LogP contribution in [-0.4, -0.2) is 34.7 Å². The minimum absolute atomic E-state index is 0.761. The van der Waals surface area contributed by atoms with Crippen LogP contribution >= 0.6 is 0 Å². The van der Waals surface area contributed by atoms with Gasteiger partial charge in [0.2, 0.25) is 0 Å². The number of imidazole rings is 1. The second-order valence-electron chi connectivity index (χ2n) is 4.68. The van der Waals surface area contributed by atoms with Crippen molar-refractivity contribution in [3.8, 4) is 0 Å². The number of benzene rings is 1. The number of hydrogen-bond acceptors (Lipinski definition) is 4. The van der Waals surface area contributed by atoms with Gasteiger partial charge in [-0.2, -0.15) is 5.06 Å². The van der Waals surface area contributed by atoms with E-state index in [0.29, 0.717) is 0 Å². The number of rotatable bonds is 3. The first kappa shape index (κ1) is 11.5. The van der Waals surface area contributed by atoms with E-state index in [9.17, 15) is 0 Å². The van der Waals surface area contributed by atoms with Crippen molar-refractivity contribution in [1.82, 2.24) is 15.0 Å². The van der Waals surface area contributed by atoms with E-state index in [1.807, 2.05) is 23.3 Å². The molecule has 5 heteroatoms. The molecule has 0 spiro atoms. The number of nitrogens with one attached hydrogen (secondary N) is 1. The van der Waals surface area contributed by atoms with Gasteiger partial charge in [-0.05, 0) is 31.0 Å². The predicted molar refractivity (Wildman–Crippen MR) is 71.0 cm³/mol. The van der Waals surface area contributed by atoms with Crippen LogP contribution in [0.3, 0.4) is 0 Å².